The molecule has 0 spiro atoms. The Morgan fingerprint density at radius 2 is 1.68 bits per heavy atom. The van der Waals surface area contributed by atoms with Crippen molar-refractivity contribution in [3.8, 4) is 0 Å². The van der Waals surface area contributed by atoms with Gasteiger partial charge in [-0.25, -0.2) is 8.42 Å². The van der Waals surface area contributed by atoms with E-state index in [9.17, 15) is 13.0 Å². The zero-order valence-electron chi connectivity index (χ0n) is 15.3. The number of hydrogen-bond donors (Lipinski definition) is 0. The summed E-state index contributed by atoms with van der Waals surface area (Å²) in [5.74, 6) is 0. The van der Waals surface area contributed by atoms with Crippen LogP contribution in [0.5, 0.6) is 0 Å². The molecule has 1 aliphatic heterocycles. The van der Waals surface area contributed by atoms with Gasteiger partial charge in [0.05, 0.1) is 22.3 Å². The topological polar surface area (TPSA) is 85.7 Å². The second-order valence-corrected chi connectivity index (χ2v) is 7.59. The molecule has 28 heavy (non-hydrogen) atoms. The number of hydrazone groups is 1. The second kappa shape index (κ2) is 8.55. The number of rotatable bonds is 4. The van der Waals surface area contributed by atoms with Crippen LogP contribution in [0.3, 0.4) is 0 Å². The van der Waals surface area contributed by atoms with Crippen LogP contribution >= 0.6 is 0 Å². The summed E-state index contributed by atoms with van der Waals surface area (Å²) in [7, 11) is -4.48. The first kappa shape index (κ1) is 20.7. The van der Waals surface area contributed by atoms with Crippen molar-refractivity contribution < 1.29 is 42.5 Å². The van der Waals surface area contributed by atoms with Gasteiger partial charge in [0.2, 0.25) is 0 Å². The third-order valence-corrected chi connectivity index (χ3v) is 5.33. The molecule has 1 aromatic heterocycles. The van der Waals surface area contributed by atoms with Gasteiger partial charge in [0.15, 0.2) is 0 Å². The average Bonchev–Trinajstić information content (AvgIpc) is 3.14. The van der Waals surface area contributed by atoms with Crippen LogP contribution in [0.25, 0.3) is 0 Å². The smallest absolute Gasteiger partial charge is 0.744 e. The summed E-state index contributed by atoms with van der Waals surface area (Å²) >= 11 is 0. The van der Waals surface area contributed by atoms with Crippen molar-refractivity contribution in [1.29, 1.82) is 0 Å². The summed E-state index contributed by atoms with van der Waals surface area (Å²) in [6.45, 7) is 0. The van der Waals surface area contributed by atoms with Crippen LogP contribution in [0, 0.1) is 0 Å². The van der Waals surface area contributed by atoms with E-state index in [1.807, 2.05) is 47.5 Å². The number of aromatic nitrogens is 1. The molecule has 0 bridgehead atoms. The zero-order chi connectivity index (χ0) is 18.9. The van der Waals surface area contributed by atoms with Crippen molar-refractivity contribution in [2.75, 3.05) is 5.01 Å². The molecule has 0 N–H and O–H groups in total. The Hall–Kier alpha value is -2.03. The minimum atomic E-state index is -4.48. The first-order valence-electron chi connectivity index (χ1n) is 8.40. The Morgan fingerprint density at radius 3 is 2.29 bits per heavy atom. The Balaban J connectivity index is 0.00000225. The molecular formula is C20H16N3NaO3S. The van der Waals surface area contributed by atoms with Crippen molar-refractivity contribution in [2.24, 2.45) is 5.10 Å². The molecule has 2 aromatic carbocycles. The van der Waals surface area contributed by atoms with Crippen LogP contribution in [-0.4, -0.2) is 23.7 Å². The van der Waals surface area contributed by atoms with E-state index in [1.165, 1.54) is 12.1 Å². The molecule has 1 unspecified atom stereocenters. The summed E-state index contributed by atoms with van der Waals surface area (Å²) in [6, 6.07) is 19.5. The molecule has 136 valence electrons. The number of nitrogens with zero attached hydrogens (tertiary/aromatic N) is 3. The molecule has 1 atom stereocenters. The summed E-state index contributed by atoms with van der Waals surface area (Å²) in [5.41, 5.74) is 3.69. The van der Waals surface area contributed by atoms with Crippen LogP contribution in [-0.2, 0) is 10.1 Å². The third-order valence-electron chi connectivity index (χ3n) is 4.48. The van der Waals surface area contributed by atoms with Gasteiger partial charge >= 0.3 is 29.6 Å². The van der Waals surface area contributed by atoms with E-state index in [4.69, 9.17) is 5.10 Å². The molecule has 4 rings (SSSR count). The van der Waals surface area contributed by atoms with Crippen LogP contribution in [0.15, 0.2) is 89.1 Å². The van der Waals surface area contributed by atoms with Crippen molar-refractivity contribution in [3.05, 3.63) is 90.3 Å². The van der Waals surface area contributed by atoms with E-state index in [-0.39, 0.29) is 40.5 Å². The summed E-state index contributed by atoms with van der Waals surface area (Å²) < 4.78 is 33.6. The Labute approximate surface area is 186 Å². The maximum atomic E-state index is 11.2. The largest absolute Gasteiger partial charge is 1.00 e. The van der Waals surface area contributed by atoms with E-state index in [0.29, 0.717) is 12.1 Å². The monoisotopic (exact) mass is 401 g/mol. The summed E-state index contributed by atoms with van der Waals surface area (Å²) in [5, 5.41) is 6.62. The van der Waals surface area contributed by atoms with Crippen LogP contribution in [0.4, 0.5) is 5.69 Å². The Kier molecular flexibility index (Phi) is 6.32. The summed E-state index contributed by atoms with van der Waals surface area (Å²) in [4.78, 5) is 3.95. The molecule has 0 saturated carbocycles. The van der Waals surface area contributed by atoms with Gasteiger partial charge in [0.1, 0.15) is 10.1 Å². The van der Waals surface area contributed by atoms with Crippen molar-refractivity contribution in [3.63, 3.8) is 0 Å². The van der Waals surface area contributed by atoms with Gasteiger partial charge in [-0.2, -0.15) is 5.10 Å². The normalized spacial score (nSPS) is 16.4. The van der Waals surface area contributed by atoms with E-state index >= 15 is 0 Å². The summed E-state index contributed by atoms with van der Waals surface area (Å²) in [6.07, 6.45) is 4.21. The minimum Gasteiger partial charge on any atom is -0.744 e. The fraction of sp³-hybridized carbons (Fsp3) is 0.100. The van der Waals surface area contributed by atoms with E-state index in [0.717, 1.165) is 16.8 Å². The van der Waals surface area contributed by atoms with Crippen LogP contribution in [0.2, 0.25) is 0 Å². The molecular weight excluding hydrogens is 385 g/mol. The fourth-order valence-electron chi connectivity index (χ4n) is 3.15. The predicted molar refractivity (Wildman–Crippen MR) is 101 cm³/mol. The van der Waals surface area contributed by atoms with E-state index in [1.54, 1.807) is 24.5 Å². The van der Waals surface area contributed by atoms with Gasteiger partial charge in [0, 0.05) is 18.8 Å². The van der Waals surface area contributed by atoms with Crippen molar-refractivity contribution in [2.45, 2.75) is 17.4 Å². The van der Waals surface area contributed by atoms with Crippen molar-refractivity contribution in [1.82, 2.24) is 4.98 Å². The van der Waals surface area contributed by atoms with Crippen LogP contribution in [0.1, 0.15) is 23.6 Å². The molecule has 1 aliphatic rings. The number of benzene rings is 2. The fourth-order valence-corrected chi connectivity index (χ4v) is 3.62. The maximum absolute atomic E-state index is 11.2. The molecule has 0 fully saturated rings. The van der Waals surface area contributed by atoms with Gasteiger partial charge in [-0.15, -0.1) is 0 Å². The van der Waals surface area contributed by atoms with Gasteiger partial charge in [-0.05, 0) is 41.5 Å². The second-order valence-electron chi connectivity index (χ2n) is 6.21. The maximum Gasteiger partial charge on any atom is 1.00 e. The molecule has 0 aliphatic carbocycles. The standard InChI is InChI=1S/C20H17N3O3S.Na/c24-27(25,26)18-10-8-17(9-11-18)23-20(16-7-4-12-21-14-16)13-19(22-23)15-5-2-1-3-6-15;/h1-12,14,20H,13H2,(H,24,25,26);/q;+1/p-1. The van der Waals surface area contributed by atoms with Gasteiger partial charge < -0.3 is 4.55 Å². The van der Waals surface area contributed by atoms with E-state index < -0.39 is 10.1 Å². The third kappa shape index (κ3) is 4.34. The molecule has 2 heterocycles. The first-order valence-corrected chi connectivity index (χ1v) is 9.81. The van der Waals surface area contributed by atoms with Gasteiger partial charge in [-0.1, -0.05) is 36.4 Å². The molecule has 0 saturated heterocycles. The zero-order valence-corrected chi connectivity index (χ0v) is 18.1. The average molecular weight is 401 g/mol. The molecule has 0 radical (unpaired) electrons. The number of pyridine rings is 1. The molecule has 3 aromatic rings. The Bertz CT molecular complexity index is 1070. The Morgan fingerprint density at radius 1 is 0.964 bits per heavy atom. The molecule has 8 heteroatoms. The van der Waals surface area contributed by atoms with Gasteiger partial charge in [0.25, 0.3) is 0 Å². The van der Waals surface area contributed by atoms with Gasteiger partial charge in [-0.3, -0.25) is 9.99 Å². The quantitative estimate of drug-likeness (QED) is 0.465. The first-order chi connectivity index (χ1) is 13.0. The SMILES string of the molecule is O=S(=O)([O-])c1ccc(N2N=C(c3ccccc3)CC2c2cccnc2)cc1.[Na+]. The molecule has 6 nitrogen and oxygen atoms in total. The minimum absolute atomic E-state index is 0. The van der Waals surface area contributed by atoms with Crippen molar-refractivity contribution >= 4 is 21.5 Å². The van der Waals surface area contributed by atoms with Crippen LogP contribution < -0.4 is 34.6 Å². The predicted octanol–water partition coefficient (Wildman–Crippen LogP) is 0.345. The molecule has 0 amide bonds. The number of anilines is 1. The van der Waals surface area contributed by atoms with E-state index in [2.05, 4.69) is 4.98 Å². The number of hydrogen-bond acceptors (Lipinski definition) is 6.